The molecule has 9 nitrogen and oxygen atoms in total. The lowest BCUT2D eigenvalue weighted by molar-refractivity contribution is -0.150. The van der Waals surface area contributed by atoms with Crippen molar-refractivity contribution < 1.29 is 24.3 Å². The van der Waals surface area contributed by atoms with Gasteiger partial charge in [0.25, 0.3) is 0 Å². The van der Waals surface area contributed by atoms with Crippen LogP contribution < -0.4 is 16.4 Å². The normalized spacial score (nSPS) is 19.4. The lowest BCUT2D eigenvalue weighted by Crippen LogP contribution is -2.58. The quantitative estimate of drug-likeness (QED) is 0.330. The third-order valence-corrected chi connectivity index (χ3v) is 4.44. The van der Waals surface area contributed by atoms with Crippen LogP contribution in [0.5, 0.6) is 0 Å². The maximum Gasteiger partial charge on any atom is 0.326 e. The number of carboxylic acids is 1. The summed E-state index contributed by atoms with van der Waals surface area (Å²) in [7, 11) is 0. The Balaban J connectivity index is 2.85. The van der Waals surface area contributed by atoms with Crippen molar-refractivity contribution in [3.63, 3.8) is 0 Å². The highest BCUT2D eigenvalue weighted by molar-refractivity contribution is 7.80. The molecule has 1 aliphatic rings. The summed E-state index contributed by atoms with van der Waals surface area (Å²) in [5, 5.41) is 14.3. The summed E-state index contributed by atoms with van der Waals surface area (Å²) in [4.78, 5) is 49.1. The third kappa shape index (κ3) is 5.60. The minimum absolute atomic E-state index is 0.0397. The van der Waals surface area contributed by atoms with Crippen molar-refractivity contribution in [2.45, 2.75) is 44.8 Å². The van der Waals surface area contributed by atoms with Crippen LogP contribution in [0.1, 0.15) is 26.7 Å². The van der Waals surface area contributed by atoms with Gasteiger partial charge in [-0.3, -0.25) is 14.4 Å². The van der Waals surface area contributed by atoms with Crippen LogP contribution in [-0.4, -0.2) is 70.7 Å². The summed E-state index contributed by atoms with van der Waals surface area (Å²) in [6, 6.07) is -2.69. The Labute approximate surface area is 152 Å². The van der Waals surface area contributed by atoms with Crippen molar-refractivity contribution in [2.24, 2.45) is 11.7 Å². The van der Waals surface area contributed by atoms with E-state index in [9.17, 15) is 24.3 Å². The first-order valence-corrected chi connectivity index (χ1v) is 8.80. The number of hydrogen-bond donors (Lipinski definition) is 5. The maximum absolute atomic E-state index is 12.7. The average Bonchev–Trinajstić information content (AvgIpc) is 3.05. The molecular formula is C15H26N4O5S. The Kier molecular flexibility index (Phi) is 8.17. The Morgan fingerprint density at radius 2 is 1.92 bits per heavy atom. The topological polar surface area (TPSA) is 142 Å². The zero-order valence-corrected chi connectivity index (χ0v) is 15.3. The van der Waals surface area contributed by atoms with Gasteiger partial charge in [0.05, 0.1) is 6.54 Å². The monoisotopic (exact) mass is 374 g/mol. The second-order valence-electron chi connectivity index (χ2n) is 6.26. The van der Waals surface area contributed by atoms with Gasteiger partial charge in [-0.05, 0) is 18.8 Å². The molecule has 1 heterocycles. The molecule has 0 aromatic heterocycles. The van der Waals surface area contributed by atoms with E-state index in [1.54, 1.807) is 13.8 Å². The van der Waals surface area contributed by atoms with E-state index in [0.29, 0.717) is 19.4 Å². The van der Waals surface area contributed by atoms with Crippen LogP contribution in [0, 0.1) is 5.92 Å². The largest absolute Gasteiger partial charge is 0.480 e. The molecule has 0 aliphatic carbocycles. The molecule has 3 atom stereocenters. The van der Waals surface area contributed by atoms with Crippen molar-refractivity contribution in [1.29, 1.82) is 0 Å². The molecule has 25 heavy (non-hydrogen) atoms. The van der Waals surface area contributed by atoms with E-state index in [0.717, 1.165) is 0 Å². The predicted octanol–water partition coefficient (Wildman–Crippen LogP) is -1.42. The van der Waals surface area contributed by atoms with Gasteiger partial charge in [-0.2, -0.15) is 12.6 Å². The van der Waals surface area contributed by atoms with Gasteiger partial charge in [-0.15, -0.1) is 0 Å². The minimum atomic E-state index is -1.05. The molecule has 3 amide bonds. The molecule has 10 heteroatoms. The lowest BCUT2D eigenvalue weighted by atomic mass is 10.0. The molecule has 5 N–H and O–H groups in total. The number of hydrogen-bond acceptors (Lipinski definition) is 6. The Morgan fingerprint density at radius 1 is 1.28 bits per heavy atom. The molecule has 1 fully saturated rings. The number of likely N-dealkylation sites (tertiary alicyclic amines) is 1. The first-order chi connectivity index (χ1) is 11.7. The zero-order valence-electron chi connectivity index (χ0n) is 14.4. The van der Waals surface area contributed by atoms with Crippen LogP contribution in [0.15, 0.2) is 0 Å². The van der Waals surface area contributed by atoms with E-state index in [1.807, 2.05) is 0 Å². The van der Waals surface area contributed by atoms with E-state index in [2.05, 4.69) is 23.3 Å². The number of nitrogens with two attached hydrogens (primary N) is 1. The number of nitrogens with one attached hydrogen (secondary N) is 2. The van der Waals surface area contributed by atoms with Crippen LogP contribution >= 0.6 is 12.6 Å². The van der Waals surface area contributed by atoms with Crippen molar-refractivity contribution in [3.05, 3.63) is 0 Å². The molecule has 0 saturated carbocycles. The van der Waals surface area contributed by atoms with Gasteiger partial charge in [-0.1, -0.05) is 13.8 Å². The van der Waals surface area contributed by atoms with E-state index in [4.69, 9.17) is 5.73 Å². The van der Waals surface area contributed by atoms with E-state index in [1.165, 1.54) is 4.90 Å². The first kappa shape index (κ1) is 21.2. The van der Waals surface area contributed by atoms with Gasteiger partial charge in [0, 0.05) is 12.3 Å². The highest BCUT2D eigenvalue weighted by Gasteiger charge is 2.39. The second-order valence-corrected chi connectivity index (χ2v) is 6.63. The molecule has 0 spiro atoms. The zero-order chi connectivity index (χ0) is 19.1. The van der Waals surface area contributed by atoms with Crippen LogP contribution in [-0.2, 0) is 19.2 Å². The Bertz CT molecular complexity index is 528. The van der Waals surface area contributed by atoms with E-state index < -0.39 is 41.8 Å². The summed E-state index contributed by atoms with van der Waals surface area (Å²) >= 11 is 4.03. The Hall–Kier alpha value is -1.81. The molecule has 3 unspecified atom stereocenters. The van der Waals surface area contributed by atoms with Crippen molar-refractivity contribution >= 4 is 36.3 Å². The van der Waals surface area contributed by atoms with E-state index >= 15 is 0 Å². The number of amides is 3. The van der Waals surface area contributed by atoms with Crippen LogP contribution in [0.2, 0.25) is 0 Å². The molecule has 0 radical (unpaired) electrons. The number of nitrogens with zero attached hydrogens (tertiary/aromatic N) is 1. The summed E-state index contributed by atoms with van der Waals surface area (Å²) in [5.41, 5.74) is 5.21. The molecule has 142 valence electrons. The molecule has 0 aromatic carbocycles. The van der Waals surface area contributed by atoms with Gasteiger partial charge in [0.1, 0.15) is 18.1 Å². The molecule has 1 aliphatic heterocycles. The number of carbonyl (C=O) groups excluding carboxylic acids is 3. The molecule has 0 bridgehead atoms. The van der Waals surface area contributed by atoms with Crippen molar-refractivity contribution in [1.82, 2.24) is 15.5 Å². The smallest absolute Gasteiger partial charge is 0.326 e. The van der Waals surface area contributed by atoms with Gasteiger partial charge < -0.3 is 26.4 Å². The number of rotatable bonds is 8. The minimum Gasteiger partial charge on any atom is -0.480 e. The summed E-state index contributed by atoms with van der Waals surface area (Å²) < 4.78 is 0. The van der Waals surface area contributed by atoms with Gasteiger partial charge in [-0.25, -0.2) is 4.79 Å². The SMILES string of the molecule is CC(C)C(NC(=O)C(CS)NC(=O)CN)C(=O)N1CCCC1C(=O)O. The predicted molar refractivity (Wildman–Crippen MR) is 94.0 cm³/mol. The van der Waals surface area contributed by atoms with Crippen molar-refractivity contribution in [2.75, 3.05) is 18.8 Å². The van der Waals surface area contributed by atoms with Gasteiger partial charge in [0.15, 0.2) is 0 Å². The van der Waals surface area contributed by atoms with Crippen LogP contribution in [0.4, 0.5) is 0 Å². The highest BCUT2D eigenvalue weighted by Crippen LogP contribution is 2.20. The highest BCUT2D eigenvalue weighted by atomic mass is 32.1. The third-order valence-electron chi connectivity index (χ3n) is 4.07. The van der Waals surface area contributed by atoms with Crippen molar-refractivity contribution in [3.8, 4) is 0 Å². The number of carbonyl (C=O) groups is 4. The van der Waals surface area contributed by atoms with Gasteiger partial charge in [0.2, 0.25) is 17.7 Å². The number of thiol groups is 1. The van der Waals surface area contributed by atoms with Crippen LogP contribution in [0.3, 0.4) is 0 Å². The van der Waals surface area contributed by atoms with E-state index in [-0.39, 0.29) is 18.2 Å². The first-order valence-electron chi connectivity index (χ1n) is 8.16. The fourth-order valence-corrected chi connectivity index (χ4v) is 2.94. The lowest BCUT2D eigenvalue weighted by Gasteiger charge is -2.30. The fourth-order valence-electron chi connectivity index (χ4n) is 2.68. The average molecular weight is 374 g/mol. The molecular weight excluding hydrogens is 348 g/mol. The Morgan fingerprint density at radius 3 is 2.40 bits per heavy atom. The second kappa shape index (κ2) is 9.62. The standard InChI is InChI=1S/C15H26N4O5S/c1-8(2)12(14(22)19-5-3-4-10(19)15(23)24)18-13(21)9(7-25)17-11(20)6-16/h8-10,12,25H,3-7,16H2,1-2H3,(H,17,20)(H,18,21)(H,23,24). The molecule has 1 saturated heterocycles. The fraction of sp³-hybridized carbons (Fsp3) is 0.733. The maximum atomic E-state index is 12.7. The van der Waals surface area contributed by atoms with Gasteiger partial charge >= 0.3 is 5.97 Å². The molecule has 0 aromatic rings. The van der Waals surface area contributed by atoms with Crippen LogP contribution in [0.25, 0.3) is 0 Å². The molecule has 1 rings (SSSR count). The summed E-state index contributed by atoms with van der Waals surface area (Å²) in [5.74, 6) is -2.77. The summed E-state index contributed by atoms with van der Waals surface area (Å²) in [6.45, 7) is 3.58. The number of aliphatic carboxylic acids is 1. The summed E-state index contributed by atoms with van der Waals surface area (Å²) in [6.07, 6.45) is 0.999. The number of carboxylic acid groups (broad SMARTS) is 1.